The van der Waals surface area contributed by atoms with Crippen LogP contribution in [0.3, 0.4) is 0 Å². The molecule has 2 fully saturated rings. The van der Waals surface area contributed by atoms with Gasteiger partial charge in [0.25, 0.3) is 0 Å². The molecule has 1 N–H and O–H groups in total. The molecule has 2 atom stereocenters. The van der Waals surface area contributed by atoms with Crippen LogP contribution in [0.25, 0.3) is 11.0 Å². The van der Waals surface area contributed by atoms with E-state index in [2.05, 4.69) is 15.6 Å². The van der Waals surface area contributed by atoms with Gasteiger partial charge < -0.3 is 15.0 Å². The van der Waals surface area contributed by atoms with Crippen LogP contribution in [-0.2, 0) is 20.9 Å². The van der Waals surface area contributed by atoms with Gasteiger partial charge in [-0.25, -0.2) is 4.68 Å². The number of aromatic nitrogens is 3. The third kappa shape index (κ3) is 5.37. The Morgan fingerprint density at radius 1 is 1.00 bits per heavy atom. The van der Waals surface area contributed by atoms with Crippen molar-refractivity contribution in [2.45, 2.75) is 69.7 Å². The highest BCUT2D eigenvalue weighted by Crippen LogP contribution is 2.31. The first kappa shape index (κ1) is 23.5. The van der Waals surface area contributed by atoms with Crippen molar-refractivity contribution in [2.75, 3.05) is 13.2 Å². The molecule has 2 aromatic carbocycles. The number of amides is 2. The first-order valence-corrected chi connectivity index (χ1v) is 12.7. The van der Waals surface area contributed by atoms with Crippen LogP contribution in [0.2, 0.25) is 0 Å². The monoisotopic (exact) mass is 475 g/mol. The number of carbonyl (C=O) groups is 2. The molecule has 184 valence electrons. The van der Waals surface area contributed by atoms with Crippen LogP contribution in [0.1, 0.15) is 56.6 Å². The molecule has 5 rings (SSSR count). The molecule has 1 aliphatic heterocycles. The Balaban J connectivity index is 1.45. The van der Waals surface area contributed by atoms with Gasteiger partial charge in [0.1, 0.15) is 18.1 Å². The summed E-state index contributed by atoms with van der Waals surface area (Å²) in [6.07, 6.45) is 7.06. The standard InChI is InChI=1S/C27H33N5O3/c33-25(19-31-24-16-8-7-15-23(24)29-30-31)32(21-12-5-2-6-13-21)26(20-10-3-1-4-11-20)27(34)28-18-22-14-9-17-35-22/h1,3-4,7-8,10-11,15-16,21-22,26H,2,5-6,9,12-14,17-19H2,(H,28,34)/t22-,26-/m0/s1. The third-order valence-electron chi connectivity index (χ3n) is 7.13. The predicted molar refractivity (Wildman–Crippen MR) is 132 cm³/mol. The Morgan fingerprint density at radius 3 is 2.54 bits per heavy atom. The molecule has 2 heterocycles. The zero-order valence-electron chi connectivity index (χ0n) is 20.0. The molecular weight excluding hydrogens is 442 g/mol. The number of hydrogen-bond acceptors (Lipinski definition) is 5. The number of para-hydroxylation sites is 1. The molecule has 0 bridgehead atoms. The van der Waals surface area contributed by atoms with Crippen molar-refractivity contribution in [3.8, 4) is 0 Å². The van der Waals surface area contributed by atoms with Gasteiger partial charge in [0.2, 0.25) is 11.8 Å². The fraction of sp³-hybridized carbons (Fsp3) is 0.481. The lowest BCUT2D eigenvalue weighted by Crippen LogP contribution is -2.51. The molecule has 8 nitrogen and oxygen atoms in total. The molecule has 1 saturated heterocycles. The van der Waals surface area contributed by atoms with Gasteiger partial charge >= 0.3 is 0 Å². The van der Waals surface area contributed by atoms with Crippen molar-refractivity contribution >= 4 is 22.8 Å². The van der Waals surface area contributed by atoms with Crippen LogP contribution in [0, 0.1) is 0 Å². The molecule has 8 heteroatoms. The molecule has 0 unspecified atom stereocenters. The number of nitrogens with zero attached hydrogens (tertiary/aromatic N) is 4. The normalized spacial score (nSPS) is 19.5. The average molecular weight is 476 g/mol. The highest BCUT2D eigenvalue weighted by molar-refractivity contribution is 5.89. The summed E-state index contributed by atoms with van der Waals surface area (Å²) in [6, 6.07) is 16.6. The Morgan fingerprint density at radius 2 is 1.77 bits per heavy atom. The number of fused-ring (bicyclic) bond motifs is 1. The lowest BCUT2D eigenvalue weighted by Gasteiger charge is -2.39. The molecule has 2 aliphatic rings. The summed E-state index contributed by atoms with van der Waals surface area (Å²) in [5.41, 5.74) is 2.38. The number of ether oxygens (including phenoxy) is 1. The average Bonchev–Trinajstić information content (AvgIpc) is 3.57. The van der Waals surface area contributed by atoms with Gasteiger partial charge in [-0.05, 0) is 43.4 Å². The zero-order chi connectivity index (χ0) is 24.0. The van der Waals surface area contributed by atoms with E-state index in [-0.39, 0.29) is 30.5 Å². The minimum atomic E-state index is -0.706. The minimum Gasteiger partial charge on any atom is -0.376 e. The van der Waals surface area contributed by atoms with Crippen LogP contribution in [0.15, 0.2) is 54.6 Å². The summed E-state index contributed by atoms with van der Waals surface area (Å²) in [4.78, 5) is 29.5. The molecule has 1 saturated carbocycles. The number of hydrogen-bond donors (Lipinski definition) is 1. The van der Waals surface area contributed by atoms with E-state index in [9.17, 15) is 9.59 Å². The lowest BCUT2D eigenvalue weighted by atomic mass is 9.91. The van der Waals surface area contributed by atoms with E-state index >= 15 is 0 Å². The molecule has 0 radical (unpaired) electrons. The Bertz CT molecular complexity index is 1140. The lowest BCUT2D eigenvalue weighted by molar-refractivity contribution is -0.145. The number of rotatable bonds is 8. The first-order chi connectivity index (χ1) is 17.2. The molecule has 2 amide bonds. The van der Waals surface area contributed by atoms with Crippen molar-refractivity contribution in [3.63, 3.8) is 0 Å². The Hall–Kier alpha value is -3.26. The van der Waals surface area contributed by atoms with Crippen molar-refractivity contribution in [2.24, 2.45) is 0 Å². The second kappa shape index (κ2) is 11.0. The van der Waals surface area contributed by atoms with Gasteiger partial charge in [-0.15, -0.1) is 5.10 Å². The van der Waals surface area contributed by atoms with E-state index in [0.717, 1.165) is 68.1 Å². The van der Waals surface area contributed by atoms with Crippen LogP contribution < -0.4 is 5.32 Å². The fourth-order valence-electron chi connectivity index (χ4n) is 5.35. The highest BCUT2D eigenvalue weighted by atomic mass is 16.5. The van der Waals surface area contributed by atoms with E-state index in [1.807, 2.05) is 59.5 Å². The van der Waals surface area contributed by atoms with E-state index in [0.29, 0.717) is 6.54 Å². The van der Waals surface area contributed by atoms with Crippen LogP contribution in [0.5, 0.6) is 0 Å². The van der Waals surface area contributed by atoms with Crippen LogP contribution in [-0.4, -0.2) is 57.0 Å². The molecule has 35 heavy (non-hydrogen) atoms. The molecule has 1 aromatic heterocycles. The number of carbonyl (C=O) groups excluding carboxylic acids is 2. The van der Waals surface area contributed by atoms with Crippen LogP contribution in [0.4, 0.5) is 0 Å². The van der Waals surface area contributed by atoms with E-state index < -0.39 is 6.04 Å². The smallest absolute Gasteiger partial charge is 0.247 e. The number of benzene rings is 2. The second-order valence-corrected chi connectivity index (χ2v) is 9.52. The van der Waals surface area contributed by atoms with Crippen molar-refractivity contribution in [1.82, 2.24) is 25.2 Å². The summed E-state index contributed by atoms with van der Waals surface area (Å²) in [7, 11) is 0. The van der Waals surface area contributed by atoms with E-state index in [4.69, 9.17) is 4.74 Å². The summed E-state index contributed by atoms with van der Waals surface area (Å²) in [6.45, 7) is 1.24. The van der Waals surface area contributed by atoms with Crippen molar-refractivity contribution < 1.29 is 14.3 Å². The topological polar surface area (TPSA) is 89.4 Å². The van der Waals surface area contributed by atoms with Crippen LogP contribution >= 0.6 is 0 Å². The van der Waals surface area contributed by atoms with Gasteiger partial charge in [-0.1, -0.05) is 66.9 Å². The summed E-state index contributed by atoms with van der Waals surface area (Å²) < 4.78 is 7.35. The maximum atomic E-state index is 14.0. The largest absolute Gasteiger partial charge is 0.376 e. The van der Waals surface area contributed by atoms with Gasteiger partial charge in [0.15, 0.2) is 0 Å². The fourth-order valence-corrected chi connectivity index (χ4v) is 5.35. The Labute approximate surface area is 205 Å². The van der Waals surface area contributed by atoms with Crippen molar-refractivity contribution in [1.29, 1.82) is 0 Å². The maximum absolute atomic E-state index is 14.0. The van der Waals surface area contributed by atoms with Crippen molar-refractivity contribution in [3.05, 3.63) is 60.2 Å². The zero-order valence-corrected chi connectivity index (χ0v) is 20.0. The minimum absolute atomic E-state index is 0.00437. The number of nitrogens with one attached hydrogen (secondary N) is 1. The third-order valence-corrected chi connectivity index (χ3v) is 7.13. The van der Waals surface area contributed by atoms with E-state index in [1.54, 1.807) is 4.68 Å². The highest BCUT2D eigenvalue weighted by Gasteiger charge is 2.37. The van der Waals surface area contributed by atoms with Gasteiger partial charge in [-0.3, -0.25) is 9.59 Å². The first-order valence-electron chi connectivity index (χ1n) is 12.7. The van der Waals surface area contributed by atoms with E-state index in [1.165, 1.54) is 0 Å². The van der Waals surface area contributed by atoms with Gasteiger partial charge in [0.05, 0.1) is 11.6 Å². The summed E-state index contributed by atoms with van der Waals surface area (Å²) >= 11 is 0. The second-order valence-electron chi connectivity index (χ2n) is 9.52. The summed E-state index contributed by atoms with van der Waals surface area (Å²) in [5, 5.41) is 11.5. The summed E-state index contributed by atoms with van der Waals surface area (Å²) in [5.74, 6) is -0.275. The van der Waals surface area contributed by atoms with Gasteiger partial charge in [0, 0.05) is 19.2 Å². The predicted octanol–water partition coefficient (Wildman–Crippen LogP) is 3.63. The molecule has 0 spiro atoms. The Kier molecular flexibility index (Phi) is 7.37. The maximum Gasteiger partial charge on any atom is 0.247 e. The molecular formula is C27H33N5O3. The molecule has 3 aromatic rings. The molecule has 1 aliphatic carbocycles. The quantitative estimate of drug-likeness (QED) is 0.537. The SMILES string of the molecule is O=C(NC[C@@H]1CCCO1)[C@H](c1ccccc1)N(C(=O)Cn1nnc2ccccc21)C1CCCCC1. The van der Waals surface area contributed by atoms with Gasteiger partial charge in [-0.2, -0.15) is 0 Å².